The van der Waals surface area contributed by atoms with Gasteiger partial charge in [0.25, 0.3) is 5.91 Å². The molecule has 0 unspecified atom stereocenters. The van der Waals surface area contributed by atoms with Gasteiger partial charge in [-0.25, -0.2) is 4.98 Å². The van der Waals surface area contributed by atoms with Gasteiger partial charge in [-0.2, -0.15) is 11.8 Å². The summed E-state index contributed by atoms with van der Waals surface area (Å²) in [5, 5.41) is 6.54. The van der Waals surface area contributed by atoms with E-state index < -0.39 is 0 Å². The van der Waals surface area contributed by atoms with Crippen molar-refractivity contribution in [3.8, 4) is 0 Å². The second-order valence-electron chi connectivity index (χ2n) is 5.22. The number of halogens is 1. The molecule has 2 N–H and O–H groups in total. The van der Waals surface area contributed by atoms with Crippen molar-refractivity contribution in [3.63, 3.8) is 0 Å². The van der Waals surface area contributed by atoms with Crippen molar-refractivity contribution in [2.45, 2.75) is 26.2 Å². The van der Waals surface area contributed by atoms with E-state index in [4.69, 9.17) is 11.6 Å². The molecule has 0 atom stereocenters. The van der Waals surface area contributed by atoms with Gasteiger partial charge in [-0.1, -0.05) is 18.5 Å². The van der Waals surface area contributed by atoms with Gasteiger partial charge in [0.15, 0.2) is 0 Å². The maximum atomic E-state index is 12.2. The molecule has 1 aromatic rings. The van der Waals surface area contributed by atoms with Crippen molar-refractivity contribution in [1.82, 2.24) is 10.3 Å². The Kier molecular flexibility index (Phi) is 6.64. The van der Waals surface area contributed by atoms with Crippen LogP contribution in [-0.4, -0.2) is 35.5 Å². The van der Waals surface area contributed by atoms with Crippen LogP contribution in [0.2, 0.25) is 5.02 Å². The number of pyridine rings is 1. The number of carbonyl (C=O) groups is 1. The molecule has 1 aliphatic rings. The molecule has 0 saturated carbocycles. The number of aromatic nitrogens is 1. The third-order valence-corrected chi connectivity index (χ3v) is 4.86. The third kappa shape index (κ3) is 5.08. The highest BCUT2D eigenvalue weighted by Gasteiger charge is 2.17. The smallest absolute Gasteiger partial charge is 0.271 e. The van der Waals surface area contributed by atoms with Crippen LogP contribution < -0.4 is 10.6 Å². The Hall–Kier alpha value is -0.940. The van der Waals surface area contributed by atoms with Crippen LogP contribution in [0.1, 0.15) is 36.7 Å². The fourth-order valence-electron chi connectivity index (χ4n) is 2.22. The summed E-state index contributed by atoms with van der Waals surface area (Å²) in [5.41, 5.74) is 0.308. The second-order valence-corrected chi connectivity index (χ2v) is 6.85. The largest absolute Gasteiger partial charge is 0.370 e. The molecular weight excluding hydrogens is 306 g/mol. The molecule has 0 radical (unpaired) electrons. The highest BCUT2D eigenvalue weighted by atomic mass is 35.5. The second kappa shape index (κ2) is 8.49. The summed E-state index contributed by atoms with van der Waals surface area (Å²) in [5.74, 6) is 3.47. The lowest BCUT2D eigenvalue weighted by Crippen LogP contribution is -2.31. The summed E-state index contributed by atoms with van der Waals surface area (Å²) in [7, 11) is 0. The predicted octanol–water partition coefficient (Wildman–Crippen LogP) is 3.43. The first-order chi connectivity index (χ1) is 10.2. The Morgan fingerprint density at radius 2 is 2.19 bits per heavy atom. The van der Waals surface area contributed by atoms with E-state index >= 15 is 0 Å². The fraction of sp³-hybridized carbons (Fsp3) is 0.600. The molecule has 1 aliphatic heterocycles. The number of nitrogens with one attached hydrogen (secondary N) is 2. The molecular formula is C15H22ClN3OS. The van der Waals surface area contributed by atoms with E-state index in [2.05, 4.69) is 22.5 Å². The van der Waals surface area contributed by atoms with Crippen LogP contribution in [0.15, 0.2) is 12.1 Å². The van der Waals surface area contributed by atoms with Gasteiger partial charge in [-0.05, 0) is 48.8 Å². The zero-order valence-electron chi connectivity index (χ0n) is 12.3. The standard InChI is InChI=1S/C15H22ClN3OS/c1-2-7-17-13-4-3-12(16)14(19-13)15(20)18-10-11-5-8-21-9-6-11/h3-4,11H,2,5-10H2,1H3,(H,17,19)(H,18,20). The number of hydrogen-bond donors (Lipinski definition) is 2. The van der Waals surface area contributed by atoms with Crippen LogP contribution in [0.5, 0.6) is 0 Å². The molecule has 4 nitrogen and oxygen atoms in total. The minimum Gasteiger partial charge on any atom is -0.370 e. The van der Waals surface area contributed by atoms with Crippen molar-refractivity contribution in [1.29, 1.82) is 0 Å². The maximum absolute atomic E-state index is 12.2. The summed E-state index contributed by atoms with van der Waals surface area (Å²) in [6, 6.07) is 3.52. The van der Waals surface area contributed by atoms with Gasteiger partial charge in [0.1, 0.15) is 11.5 Å². The molecule has 1 aromatic heterocycles. The topological polar surface area (TPSA) is 54.0 Å². The van der Waals surface area contributed by atoms with E-state index in [1.165, 1.54) is 24.3 Å². The van der Waals surface area contributed by atoms with E-state index in [-0.39, 0.29) is 5.91 Å². The summed E-state index contributed by atoms with van der Waals surface area (Å²) < 4.78 is 0. The average Bonchev–Trinajstić information content (AvgIpc) is 2.53. The molecule has 0 aliphatic carbocycles. The number of carbonyl (C=O) groups excluding carboxylic acids is 1. The summed E-state index contributed by atoms with van der Waals surface area (Å²) in [4.78, 5) is 16.6. The Morgan fingerprint density at radius 1 is 1.43 bits per heavy atom. The van der Waals surface area contributed by atoms with E-state index in [0.717, 1.165) is 13.0 Å². The van der Waals surface area contributed by atoms with Crippen LogP contribution in [0.3, 0.4) is 0 Å². The Labute approximate surface area is 135 Å². The van der Waals surface area contributed by atoms with Crippen LogP contribution in [0.4, 0.5) is 5.82 Å². The molecule has 1 amide bonds. The van der Waals surface area contributed by atoms with Gasteiger partial charge in [-0.15, -0.1) is 0 Å². The van der Waals surface area contributed by atoms with Gasteiger partial charge in [-0.3, -0.25) is 4.79 Å². The first-order valence-corrected chi connectivity index (χ1v) is 9.00. The molecule has 1 saturated heterocycles. The highest BCUT2D eigenvalue weighted by molar-refractivity contribution is 7.99. The Bertz CT molecular complexity index is 478. The highest BCUT2D eigenvalue weighted by Crippen LogP contribution is 2.22. The normalized spacial score (nSPS) is 15.7. The lowest BCUT2D eigenvalue weighted by molar-refractivity contribution is 0.0941. The number of nitrogens with zero attached hydrogens (tertiary/aromatic N) is 1. The van der Waals surface area contributed by atoms with E-state index in [1.807, 2.05) is 11.8 Å². The summed E-state index contributed by atoms with van der Waals surface area (Å²) in [6.07, 6.45) is 3.35. The Morgan fingerprint density at radius 3 is 2.90 bits per heavy atom. The lowest BCUT2D eigenvalue weighted by Gasteiger charge is -2.21. The van der Waals surface area contributed by atoms with Gasteiger partial charge in [0.2, 0.25) is 0 Å². The number of rotatable bonds is 6. The SMILES string of the molecule is CCCNc1ccc(Cl)c(C(=O)NCC2CCSCC2)n1. The van der Waals surface area contributed by atoms with E-state index in [1.54, 1.807) is 12.1 Å². The predicted molar refractivity (Wildman–Crippen MR) is 90.4 cm³/mol. The number of thioether (sulfide) groups is 1. The minimum atomic E-state index is -0.182. The van der Waals surface area contributed by atoms with Crippen molar-refractivity contribution in [2.75, 3.05) is 29.9 Å². The molecule has 0 spiro atoms. The maximum Gasteiger partial charge on any atom is 0.271 e. The zero-order valence-corrected chi connectivity index (χ0v) is 13.9. The molecule has 21 heavy (non-hydrogen) atoms. The molecule has 2 heterocycles. The number of amides is 1. The molecule has 0 aromatic carbocycles. The third-order valence-electron chi connectivity index (χ3n) is 3.51. The fourth-order valence-corrected chi connectivity index (χ4v) is 3.62. The first kappa shape index (κ1) is 16.4. The summed E-state index contributed by atoms with van der Waals surface area (Å²) >= 11 is 8.08. The van der Waals surface area contributed by atoms with Gasteiger partial charge in [0.05, 0.1) is 5.02 Å². The minimum absolute atomic E-state index is 0.182. The van der Waals surface area contributed by atoms with Crippen molar-refractivity contribution in [2.24, 2.45) is 5.92 Å². The first-order valence-electron chi connectivity index (χ1n) is 7.47. The van der Waals surface area contributed by atoms with Crippen molar-refractivity contribution in [3.05, 3.63) is 22.8 Å². The zero-order chi connectivity index (χ0) is 15.1. The quantitative estimate of drug-likeness (QED) is 0.840. The van der Waals surface area contributed by atoms with E-state index in [9.17, 15) is 4.79 Å². The van der Waals surface area contributed by atoms with Crippen LogP contribution in [-0.2, 0) is 0 Å². The number of anilines is 1. The molecule has 1 fully saturated rings. The van der Waals surface area contributed by atoms with Crippen molar-refractivity contribution < 1.29 is 4.79 Å². The van der Waals surface area contributed by atoms with Crippen LogP contribution >= 0.6 is 23.4 Å². The van der Waals surface area contributed by atoms with Gasteiger partial charge < -0.3 is 10.6 Å². The van der Waals surface area contributed by atoms with Gasteiger partial charge >= 0.3 is 0 Å². The van der Waals surface area contributed by atoms with Crippen LogP contribution in [0.25, 0.3) is 0 Å². The van der Waals surface area contributed by atoms with Gasteiger partial charge in [0, 0.05) is 13.1 Å². The van der Waals surface area contributed by atoms with E-state index in [0.29, 0.717) is 29.0 Å². The Balaban J connectivity index is 1.93. The molecule has 0 bridgehead atoms. The molecule has 116 valence electrons. The van der Waals surface area contributed by atoms with Crippen LogP contribution in [0, 0.1) is 5.92 Å². The molecule has 6 heteroatoms. The number of hydrogen-bond acceptors (Lipinski definition) is 4. The summed E-state index contributed by atoms with van der Waals surface area (Å²) in [6.45, 7) is 3.62. The lowest BCUT2D eigenvalue weighted by atomic mass is 10.0. The molecule has 2 rings (SSSR count). The average molecular weight is 328 g/mol. The van der Waals surface area contributed by atoms with Crippen molar-refractivity contribution >= 4 is 35.1 Å². The monoisotopic (exact) mass is 327 g/mol.